The third-order valence-electron chi connectivity index (χ3n) is 3.44. The molecule has 0 bridgehead atoms. The summed E-state index contributed by atoms with van der Waals surface area (Å²) in [5.74, 6) is -1.13. The molecular weight excluding hydrogens is 290 g/mol. The van der Waals surface area contributed by atoms with E-state index in [2.05, 4.69) is 5.32 Å². The molecule has 0 radical (unpaired) electrons. The molecule has 1 atom stereocenters. The Balaban J connectivity index is 2.89. The zero-order valence-electron chi connectivity index (χ0n) is 12.8. The van der Waals surface area contributed by atoms with Crippen LogP contribution in [0.4, 0.5) is 0 Å². The summed E-state index contributed by atoms with van der Waals surface area (Å²) >= 11 is 5.85. The number of carbonyl (C=O) groups is 2. The SMILES string of the molecule is CC(C)C[C@@H](NC(=O)C(C)(C)c1ccc(Cl)cc1)C(=O)O. The number of amides is 1. The molecule has 0 aromatic heterocycles. The second-order valence-corrected chi connectivity index (χ2v) is 6.56. The molecule has 0 saturated carbocycles. The van der Waals surface area contributed by atoms with E-state index < -0.39 is 17.4 Å². The number of hydrogen-bond acceptors (Lipinski definition) is 2. The van der Waals surface area contributed by atoms with Crippen LogP contribution in [0.5, 0.6) is 0 Å². The molecule has 0 aliphatic rings. The second-order valence-electron chi connectivity index (χ2n) is 6.13. The maximum atomic E-state index is 12.4. The molecule has 1 amide bonds. The fraction of sp³-hybridized carbons (Fsp3) is 0.500. The van der Waals surface area contributed by atoms with Gasteiger partial charge in [-0.3, -0.25) is 4.79 Å². The fourth-order valence-electron chi connectivity index (χ4n) is 2.03. The summed E-state index contributed by atoms with van der Waals surface area (Å²) in [6.45, 7) is 7.37. The van der Waals surface area contributed by atoms with Crippen LogP contribution in [-0.2, 0) is 15.0 Å². The third kappa shape index (κ3) is 4.74. The van der Waals surface area contributed by atoms with E-state index in [0.717, 1.165) is 5.56 Å². The first kappa shape index (κ1) is 17.5. The van der Waals surface area contributed by atoms with E-state index >= 15 is 0 Å². The Morgan fingerprint density at radius 1 is 1.24 bits per heavy atom. The number of halogens is 1. The van der Waals surface area contributed by atoms with Crippen LogP contribution in [0, 0.1) is 5.92 Å². The summed E-state index contributed by atoms with van der Waals surface area (Å²) in [6, 6.07) is 6.12. The quantitative estimate of drug-likeness (QED) is 0.847. The topological polar surface area (TPSA) is 66.4 Å². The lowest BCUT2D eigenvalue weighted by Crippen LogP contribution is -2.48. The highest BCUT2D eigenvalue weighted by Gasteiger charge is 2.33. The summed E-state index contributed by atoms with van der Waals surface area (Å²) in [5.41, 5.74) is -0.0342. The Kier molecular flexibility index (Phi) is 5.78. The van der Waals surface area contributed by atoms with E-state index in [1.54, 1.807) is 38.1 Å². The van der Waals surface area contributed by atoms with Crippen LogP contribution in [-0.4, -0.2) is 23.0 Å². The zero-order valence-corrected chi connectivity index (χ0v) is 13.6. The highest BCUT2D eigenvalue weighted by molar-refractivity contribution is 6.30. The molecule has 1 aromatic rings. The predicted octanol–water partition coefficient (Wildman–Crippen LogP) is 3.23. The van der Waals surface area contributed by atoms with Gasteiger partial charge in [-0.25, -0.2) is 4.79 Å². The van der Waals surface area contributed by atoms with Gasteiger partial charge in [0.1, 0.15) is 6.04 Å². The van der Waals surface area contributed by atoms with Gasteiger partial charge in [0.05, 0.1) is 5.41 Å². The number of nitrogens with one attached hydrogen (secondary N) is 1. The first-order chi connectivity index (χ1) is 9.64. The Morgan fingerprint density at radius 3 is 2.19 bits per heavy atom. The van der Waals surface area contributed by atoms with Crippen LogP contribution in [0.25, 0.3) is 0 Å². The molecule has 0 saturated heterocycles. The fourth-order valence-corrected chi connectivity index (χ4v) is 2.16. The Hall–Kier alpha value is -1.55. The van der Waals surface area contributed by atoms with Gasteiger partial charge < -0.3 is 10.4 Å². The molecule has 0 heterocycles. The number of rotatable bonds is 6. The average Bonchev–Trinajstić information content (AvgIpc) is 2.37. The number of aliphatic carboxylic acids is 1. The van der Waals surface area contributed by atoms with Crippen molar-refractivity contribution >= 4 is 23.5 Å². The number of carbonyl (C=O) groups excluding carboxylic acids is 1. The lowest BCUT2D eigenvalue weighted by molar-refractivity contribution is -0.143. The average molecular weight is 312 g/mol. The van der Waals surface area contributed by atoms with Crippen LogP contribution in [0.1, 0.15) is 39.7 Å². The van der Waals surface area contributed by atoms with Crippen molar-refractivity contribution in [2.45, 2.75) is 45.6 Å². The van der Waals surface area contributed by atoms with Gasteiger partial charge in [0, 0.05) is 5.02 Å². The van der Waals surface area contributed by atoms with Crippen molar-refractivity contribution in [3.63, 3.8) is 0 Å². The Morgan fingerprint density at radius 2 is 1.76 bits per heavy atom. The minimum absolute atomic E-state index is 0.185. The van der Waals surface area contributed by atoms with Crippen molar-refractivity contribution in [3.8, 4) is 0 Å². The second kappa shape index (κ2) is 6.94. The zero-order chi connectivity index (χ0) is 16.2. The van der Waals surface area contributed by atoms with Gasteiger partial charge in [0.25, 0.3) is 0 Å². The molecule has 1 aromatic carbocycles. The normalized spacial score (nSPS) is 13.0. The lowest BCUT2D eigenvalue weighted by Gasteiger charge is -2.27. The molecule has 4 nitrogen and oxygen atoms in total. The predicted molar refractivity (Wildman–Crippen MR) is 83.5 cm³/mol. The van der Waals surface area contributed by atoms with Crippen molar-refractivity contribution in [3.05, 3.63) is 34.9 Å². The standard InChI is InChI=1S/C16H22ClNO3/c1-10(2)9-13(14(19)20)18-15(21)16(3,4)11-5-7-12(17)8-6-11/h5-8,10,13H,9H2,1-4H3,(H,18,21)(H,19,20)/t13-/m1/s1. The van der Waals surface area contributed by atoms with Crippen LogP contribution in [0.3, 0.4) is 0 Å². The summed E-state index contributed by atoms with van der Waals surface area (Å²) in [5, 5.41) is 12.4. The van der Waals surface area contributed by atoms with Crippen LogP contribution < -0.4 is 5.32 Å². The van der Waals surface area contributed by atoms with Crippen molar-refractivity contribution in [2.75, 3.05) is 0 Å². The molecule has 0 spiro atoms. The minimum atomic E-state index is -1.01. The molecule has 0 fully saturated rings. The number of hydrogen-bond donors (Lipinski definition) is 2. The highest BCUT2D eigenvalue weighted by Crippen LogP contribution is 2.25. The van der Waals surface area contributed by atoms with E-state index in [1.807, 2.05) is 13.8 Å². The van der Waals surface area contributed by atoms with E-state index in [9.17, 15) is 14.7 Å². The Labute approximate surface area is 130 Å². The maximum absolute atomic E-state index is 12.4. The van der Waals surface area contributed by atoms with Gasteiger partial charge >= 0.3 is 5.97 Å². The summed E-state index contributed by atoms with van der Waals surface area (Å²) < 4.78 is 0. The summed E-state index contributed by atoms with van der Waals surface area (Å²) in [6.07, 6.45) is 0.401. The molecule has 2 N–H and O–H groups in total. The van der Waals surface area contributed by atoms with Gasteiger partial charge in [0.15, 0.2) is 0 Å². The number of carboxylic acids is 1. The van der Waals surface area contributed by atoms with Gasteiger partial charge in [-0.05, 0) is 43.9 Å². The minimum Gasteiger partial charge on any atom is -0.480 e. The molecule has 5 heteroatoms. The van der Waals surface area contributed by atoms with Crippen molar-refractivity contribution < 1.29 is 14.7 Å². The van der Waals surface area contributed by atoms with Gasteiger partial charge in [-0.15, -0.1) is 0 Å². The van der Waals surface area contributed by atoms with E-state index in [0.29, 0.717) is 11.4 Å². The van der Waals surface area contributed by atoms with Crippen LogP contribution in [0.15, 0.2) is 24.3 Å². The molecular formula is C16H22ClNO3. The third-order valence-corrected chi connectivity index (χ3v) is 3.70. The molecule has 21 heavy (non-hydrogen) atoms. The molecule has 0 unspecified atom stereocenters. The van der Waals surface area contributed by atoms with E-state index in [1.165, 1.54) is 0 Å². The first-order valence-corrected chi connectivity index (χ1v) is 7.32. The first-order valence-electron chi connectivity index (χ1n) is 6.94. The smallest absolute Gasteiger partial charge is 0.326 e. The molecule has 0 aliphatic carbocycles. The maximum Gasteiger partial charge on any atom is 0.326 e. The van der Waals surface area contributed by atoms with Crippen molar-refractivity contribution in [1.82, 2.24) is 5.32 Å². The van der Waals surface area contributed by atoms with Crippen molar-refractivity contribution in [2.24, 2.45) is 5.92 Å². The molecule has 0 aliphatic heterocycles. The van der Waals surface area contributed by atoms with Gasteiger partial charge in [-0.1, -0.05) is 37.6 Å². The van der Waals surface area contributed by atoms with Crippen molar-refractivity contribution in [1.29, 1.82) is 0 Å². The van der Waals surface area contributed by atoms with Gasteiger partial charge in [-0.2, -0.15) is 0 Å². The number of benzene rings is 1. The van der Waals surface area contributed by atoms with Gasteiger partial charge in [0.2, 0.25) is 5.91 Å². The van der Waals surface area contributed by atoms with E-state index in [-0.39, 0.29) is 11.8 Å². The Bertz CT molecular complexity index is 509. The largest absolute Gasteiger partial charge is 0.480 e. The monoisotopic (exact) mass is 311 g/mol. The highest BCUT2D eigenvalue weighted by atomic mass is 35.5. The summed E-state index contributed by atoms with van der Waals surface area (Å²) in [7, 11) is 0. The molecule has 116 valence electrons. The van der Waals surface area contributed by atoms with Crippen LogP contribution >= 0.6 is 11.6 Å². The van der Waals surface area contributed by atoms with E-state index in [4.69, 9.17) is 11.6 Å². The lowest BCUT2D eigenvalue weighted by atomic mass is 9.83. The molecule has 1 rings (SSSR count). The summed E-state index contributed by atoms with van der Waals surface area (Å²) in [4.78, 5) is 23.7. The number of carboxylic acid groups (broad SMARTS) is 1. The van der Waals surface area contributed by atoms with Crippen LogP contribution in [0.2, 0.25) is 5.02 Å².